The maximum Gasteiger partial charge on any atom is 0.0503 e. The lowest BCUT2D eigenvalue weighted by Crippen LogP contribution is -2.56. The Morgan fingerprint density at radius 2 is 2.24 bits per heavy atom. The second-order valence-corrected chi connectivity index (χ2v) is 6.44. The Hall–Kier alpha value is -0.120. The first-order valence-corrected chi connectivity index (χ1v) is 7.22. The van der Waals surface area contributed by atoms with Gasteiger partial charge >= 0.3 is 0 Å². The fourth-order valence-corrected chi connectivity index (χ4v) is 4.79. The van der Waals surface area contributed by atoms with Crippen LogP contribution in [0.1, 0.15) is 32.1 Å². The van der Waals surface area contributed by atoms with Crippen molar-refractivity contribution in [3.05, 3.63) is 0 Å². The minimum Gasteiger partial charge on any atom is -0.384 e. The van der Waals surface area contributed by atoms with E-state index in [4.69, 9.17) is 10.5 Å². The highest BCUT2D eigenvalue weighted by molar-refractivity contribution is 5.09. The van der Waals surface area contributed by atoms with Crippen molar-refractivity contribution >= 4 is 0 Å². The topological polar surface area (TPSA) is 38.5 Å². The molecule has 0 radical (unpaired) electrons. The van der Waals surface area contributed by atoms with Crippen LogP contribution in [0, 0.1) is 17.8 Å². The number of nitrogens with zero attached hydrogens (tertiary/aromatic N) is 1. The predicted octanol–water partition coefficient (Wildman–Crippen LogP) is 1.47. The first-order valence-electron chi connectivity index (χ1n) is 7.22. The SMILES string of the molecule is COCC1CCN(C2(CN)CC3CCC2C3)C1. The smallest absolute Gasteiger partial charge is 0.0503 e. The Morgan fingerprint density at radius 1 is 1.35 bits per heavy atom. The monoisotopic (exact) mass is 238 g/mol. The summed E-state index contributed by atoms with van der Waals surface area (Å²) in [6, 6.07) is 0. The highest BCUT2D eigenvalue weighted by atomic mass is 16.5. The van der Waals surface area contributed by atoms with Gasteiger partial charge in [0.15, 0.2) is 0 Å². The van der Waals surface area contributed by atoms with Crippen LogP contribution >= 0.6 is 0 Å². The molecule has 0 aromatic heterocycles. The molecule has 98 valence electrons. The minimum absolute atomic E-state index is 0.366. The molecule has 1 aliphatic heterocycles. The van der Waals surface area contributed by atoms with Crippen LogP contribution in [0.5, 0.6) is 0 Å². The normalized spacial score (nSPS) is 45.9. The van der Waals surface area contributed by atoms with Gasteiger partial charge in [-0.25, -0.2) is 0 Å². The zero-order valence-electron chi connectivity index (χ0n) is 11.0. The van der Waals surface area contributed by atoms with Gasteiger partial charge < -0.3 is 10.5 Å². The molecule has 2 aliphatic carbocycles. The number of hydrogen-bond donors (Lipinski definition) is 1. The second-order valence-electron chi connectivity index (χ2n) is 6.44. The maximum absolute atomic E-state index is 6.18. The third-order valence-corrected chi connectivity index (χ3v) is 5.61. The minimum atomic E-state index is 0.366. The van der Waals surface area contributed by atoms with Crippen LogP contribution < -0.4 is 5.73 Å². The number of likely N-dealkylation sites (tertiary alicyclic amines) is 1. The van der Waals surface area contributed by atoms with Crippen molar-refractivity contribution in [2.75, 3.05) is 33.4 Å². The van der Waals surface area contributed by atoms with Gasteiger partial charge in [-0.15, -0.1) is 0 Å². The van der Waals surface area contributed by atoms with E-state index in [1.54, 1.807) is 0 Å². The van der Waals surface area contributed by atoms with Gasteiger partial charge in [-0.1, -0.05) is 6.42 Å². The van der Waals surface area contributed by atoms with Crippen molar-refractivity contribution in [2.24, 2.45) is 23.5 Å². The second kappa shape index (κ2) is 4.52. The summed E-state index contributed by atoms with van der Waals surface area (Å²) < 4.78 is 5.31. The standard InChI is InChI=1S/C14H26N2O/c1-17-9-12-4-5-16(8-12)14(10-15)7-11-2-3-13(14)6-11/h11-13H,2-10,15H2,1H3. The molecule has 3 rings (SSSR count). The Morgan fingerprint density at radius 3 is 2.82 bits per heavy atom. The molecule has 4 atom stereocenters. The highest BCUT2D eigenvalue weighted by Crippen LogP contribution is 2.53. The van der Waals surface area contributed by atoms with E-state index in [1.165, 1.54) is 45.2 Å². The fraction of sp³-hybridized carbons (Fsp3) is 1.00. The first-order chi connectivity index (χ1) is 8.28. The number of nitrogens with two attached hydrogens (primary N) is 1. The van der Waals surface area contributed by atoms with Gasteiger partial charge in [0.25, 0.3) is 0 Å². The van der Waals surface area contributed by atoms with Crippen LogP contribution in [0.2, 0.25) is 0 Å². The Balaban J connectivity index is 1.70. The van der Waals surface area contributed by atoms with Crippen molar-refractivity contribution in [1.82, 2.24) is 4.90 Å². The van der Waals surface area contributed by atoms with E-state index in [2.05, 4.69) is 4.90 Å². The summed E-state index contributed by atoms with van der Waals surface area (Å²) in [5.41, 5.74) is 6.55. The fourth-order valence-electron chi connectivity index (χ4n) is 4.79. The number of hydrogen-bond acceptors (Lipinski definition) is 3. The van der Waals surface area contributed by atoms with Crippen molar-refractivity contribution in [1.29, 1.82) is 0 Å². The van der Waals surface area contributed by atoms with Gasteiger partial charge in [0.1, 0.15) is 0 Å². The van der Waals surface area contributed by atoms with E-state index in [9.17, 15) is 0 Å². The largest absolute Gasteiger partial charge is 0.384 e. The molecule has 4 unspecified atom stereocenters. The average Bonchev–Trinajstić information content (AvgIpc) is 3.03. The molecule has 3 heteroatoms. The van der Waals surface area contributed by atoms with E-state index in [0.29, 0.717) is 5.54 Å². The summed E-state index contributed by atoms with van der Waals surface area (Å²) in [5, 5.41) is 0. The quantitative estimate of drug-likeness (QED) is 0.806. The van der Waals surface area contributed by atoms with Crippen molar-refractivity contribution in [3.8, 4) is 0 Å². The number of ether oxygens (including phenoxy) is 1. The molecule has 0 aromatic carbocycles. The summed E-state index contributed by atoms with van der Waals surface area (Å²) in [6.45, 7) is 4.25. The zero-order valence-corrected chi connectivity index (χ0v) is 11.0. The van der Waals surface area contributed by atoms with Crippen LogP contribution in [0.4, 0.5) is 0 Å². The molecule has 2 N–H and O–H groups in total. The molecule has 1 heterocycles. The van der Waals surface area contributed by atoms with Gasteiger partial charge in [-0.05, 0) is 50.0 Å². The van der Waals surface area contributed by atoms with Gasteiger partial charge in [0, 0.05) is 25.7 Å². The van der Waals surface area contributed by atoms with Crippen molar-refractivity contribution < 1.29 is 4.74 Å². The van der Waals surface area contributed by atoms with Gasteiger partial charge in [0.2, 0.25) is 0 Å². The van der Waals surface area contributed by atoms with E-state index in [-0.39, 0.29) is 0 Å². The summed E-state index contributed by atoms with van der Waals surface area (Å²) in [4.78, 5) is 2.72. The van der Waals surface area contributed by atoms with E-state index in [0.717, 1.165) is 30.9 Å². The van der Waals surface area contributed by atoms with E-state index >= 15 is 0 Å². The zero-order chi connectivity index (χ0) is 11.9. The molecule has 3 nitrogen and oxygen atoms in total. The van der Waals surface area contributed by atoms with Crippen LogP contribution in [-0.2, 0) is 4.74 Å². The summed E-state index contributed by atoms with van der Waals surface area (Å²) >= 11 is 0. The van der Waals surface area contributed by atoms with Crippen LogP contribution in [0.25, 0.3) is 0 Å². The molecule has 3 aliphatic rings. The third-order valence-electron chi connectivity index (χ3n) is 5.61. The molecule has 3 fully saturated rings. The number of rotatable bonds is 4. The van der Waals surface area contributed by atoms with Crippen molar-refractivity contribution in [2.45, 2.75) is 37.6 Å². The molecule has 17 heavy (non-hydrogen) atoms. The summed E-state index contributed by atoms with van der Waals surface area (Å²) in [6.07, 6.45) is 7.00. The van der Waals surface area contributed by atoms with E-state index < -0.39 is 0 Å². The molecule has 2 bridgehead atoms. The molecule has 2 saturated carbocycles. The predicted molar refractivity (Wildman–Crippen MR) is 68.8 cm³/mol. The average molecular weight is 238 g/mol. The van der Waals surface area contributed by atoms with Crippen LogP contribution in [0.3, 0.4) is 0 Å². The first kappa shape index (κ1) is 11.9. The lowest BCUT2D eigenvalue weighted by atomic mass is 9.79. The van der Waals surface area contributed by atoms with Gasteiger partial charge in [0.05, 0.1) is 6.61 Å². The van der Waals surface area contributed by atoms with E-state index in [1.807, 2.05) is 7.11 Å². The summed E-state index contributed by atoms with van der Waals surface area (Å²) in [5.74, 6) is 2.60. The summed E-state index contributed by atoms with van der Waals surface area (Å²) in [7, 11) is 1.82. The molecule has 1 saturated heterocycles. The lowest BCUT2D eigenvalue weighted by Gasteiger charge is -2.45. The Kier molecular flexibility index (Phi) is 3.18. The maximum atomic E-state index is 6.18. The highest BCUT2D eigenvalue weighted by Gasteiger charge is 2.54. The van der Waals surface area contributed by atoms with Crippen molar-refractivity contribution in [3.63, 3.8) is 0 Å². The Labute approximate surface area is 105 Å². The number of methoxy groups -OCH3 is 1. The van der Waals surface area contributed by atoms with Crippen LogP contribution in [-0.4, -0.2) is 43.8 Å². The molecular formula is C14H26N2O. The third kappa shape index (κ3) is 1.83. The molecule has 0 amide bonds. The Bertz CT molecular complexity index is 283. The molecule has 0 spiro atoms. The molecular weight excluding hydrogens is 212 g/mol. The van der Waals surface area contributed by atoms with Gasteiger partial charge in [-0.2, -0.15) is 0 Å². The van der Waals surface area contributed by atoms with Gasteiger partial charge in [-0.3, -0.25) is 4.90 Å². The molecule has 0 aromatic rings. The number of fused-ring (bicyclic) bond motifs is 2. The lowest BCUT2D eigenvalue weighted by molar-refractivity contribution is 0.0546. The van der Waals surface area contributed by atoms with Crippen LogP contribution in [0.15, 0.2) is 0 Å².